The van der Waals surface area contributed by atoms with Gasteiger partial charge in [0.05, 0.1) is 6.54 Å². The number of rotatable bonds is 5. The van der Waals surface area contributed by atoms with E-state index in [-0.39, 0.29) is 5.56 Å². The molecule has 1 saturated heterocycles. The van der Waals surface area contributed by atoms with Crippen LogP contribution in [-0.4, -0.2) is 41.1 Å². The number of halogens is 3. The van der Waals surface area contributed by atoms with Gasteiger partial charge in [-0.2, -0.15) is 13.2 Å². The maximum atomic E-state index is 12.9. The minimum Gasteiger partial charge on any atom is -0.369 e. The Labute approximate surface area is 146 Å². The lowest BCUT2D eigenvalue weighted by Crippen LogP contribution is -2.35. The van der Waals surface area contributed by atoms with Gasteiger partial charge in [0.1, 0.15) is 5.69 Å². The predicted octanol–water partition coefficient (Wildman–Crippen LogP) is 4.08. The molecule has 0 aromatic carbocycles. The van der Waals surface area contributed by atoms with Crippen molar-refractivity contribution >= 4 is 0 Å². The number of piperidine rings is 1. The first kappa shape index (κ1) is 18.3. The molecule has 2 aliphatic rings. The number of aromatic nitrogens is 1. The summed E-state index contributed by atoms with van der Waals surface area (Å²) in [6.45, 7) is 10.7. The summed E-state index contributed by atoms with van der Waals surface area (Å²) in [7, 11) is 0. The molecular formula is C18H26F3N3O. The number of likely N-dealkylation sites (tertiary alicyclic amines) is 1. The van der Waals surface area contributed by atoms with Crippen molar-refractivity contribution in [2.45, 2.75) is 51.7 Å². The maximum Gasteiger partial charge on any atom is 0.452 e. The SMILES string of the molecule is C=C(C[C@H](C)CN1CCCCC1)N1CCc2c(noc2C(F)(F)F)C1. The largest absolute Gasteiger partial charge is 0.452 e. The van der Waals surface area contributed by atoms with Gasteiger partial charge in [-0.05, 0) is 44.7 Å². The number of hydrogen-bond acceptors (Lipinski definition) is 4. The Hall–Kier alpha value is -1.50. The highest BCUT2D eigenvalue weighted by molar-refractivity contribution is 5.28. The van der Waals surface area contributed by atoms with Crippen molar-refractivity contribution < 1.29 is 17.7 Å². The van der Waals surface area contributed by atoms with E-state index in [2.05, 4.69) is 28.1 Å². The first-order chi connectivity index (χ1) is 11.8. The van der Waals surface area contributed by atoms with E-state index >= 15 is 0 Å². The highest BCUT2D eigenvalue weighted by Crippen LogP contribution is 2.36. The Morgan fingerprint density at radius 2 is 1.96 bits per heavy atom. The molecule has 1 atom stereocenters. The summed E-state index contributed by atoms with van der Waals surface area (Å²) in [5.41, 5.74) is 1.58. The Kier molecular flexibility index (Phi) is 5.41. The van der Waals surface area contributed by atoms with Crippen LogP contribution < -0.4 is 0 Å². The normalized spacial score (nSPS) is 20.4. The smallest absolute Gasteiger partial charge is 0.369 e. The summed E-state index contributed by atoms with van der Waals surface area (Å²) in [5, 5.41) is 3.64. The van der Waals surface area contributed by atoms with E-state index in [1.54, 1.807) is 0 Å². The summed E-state index contributed by atoms with van der Waals surface area (Å²) in [4.78, 5) is 4.54. The zero-order valence-corrected chi connectivity index (χ0v) is 14.7. The van der Waals surface area contributed by atoms with Crippen LogP contribution in [0, 0.1) is 5.92 Å². The summed E-state index contributed by atoms with van der Waals surface area (Å²) in [6.07, 6.45) is 0.559. The number of hydrogen-bond donors (Lipinski definition) is 0. The van der Waals surface area contributed by atoms with Gasteiger partial charge in [0, 0.05) is 24.4 Å². The molecule has 0 unspecified atom stereocenters. The van der Waals surface area contributed by atoms with E-state index in [0.29, 0.717) is 31.1 Å². The van der Waals surface area contributed by atoms with Crippen LogP contribution in [0.15, 0.2) is 16.8 Å². The molecule has 7 heteroatoms. The molecule has 3 rings (SSSR count). The van der Waals surface area contributed by atoms with Gasteiger partial charge in [-0.3, -0.25) is 0 Å². The van der Waals surface area contributed by atoms with Crippen LogP contribution in [0.2, 0.25) is 0 Å². The molecule has 0 aliphatic carbocycles. The lowest BCUT2D eigenvalue weighted by molar-refractivity contribution is -0.156. The molecule has 2 aliphatic heterocycles. The van der Waals surface area contributed by atoms with Crippen molar-refractivity contribution in [1.29, 1.82) is 0 Å². The highest BCUT2D eigenvalue weighted by Gasteiger charge is 2.41. The summed E-state index contributed by atoms with van der Waals surface area (Å²) < 4.78 is 43.2. The van der Waals surface area contributed by atoms with Crippen LogP contribution in [0.1, 0.15) is 49.6 Å². The first-order valence-electron chi connectivity index (χ1n) is 9.04. The van der Waals surface area contributed by atoms with Crippen molar-refractivity contribution in [3.63, 3.8) is 0 Å². The summed E-state index contributed by atoms with van der Waals surface area (Å²) in [6, 6.07) is 0. The predicted molar refractivity (Wildman–Crippen MR) is 88.8 cm³/mol. The molecule has 4 nitrogen and oxygen atoms in total. The van der Waals surface area contributed by atoms with Crippen LogP contribution in [0.4, 0.5) is 13.2 Å². The lowest BCUT2D eigenvalue weighted by atomic mass is 10.00. The molecule has 1 aromatic heterocycles. The van der Waals surface area contributed by atoms with Crippen molar-refractivity contribution in [2.75, 3.05) is 26.2 Å². The molecule has 1 fully saturated rings. The van der Waals surface area contributed by atoms with Gasteiger partial charge < -0.3 is 14.3 Å². The van der Waals surface area contributed by atoms with Crippen molar-refractivity contribution in [1.82, 2.24) is 15.0 Å². The minimum atomic E-state index is -4.47. The van der Waals surface area contributed by atoms with E-state index in [9.17, 15) is 13.2 Å². The fraction of sp³-hybridized carbons (Fsp3) is 0.722. The average Bonchev–Trinajstić information content (AvgIpc) is 2.98. The van der Waals surface area contributed by atoms with Crippen LogP contribution >= 0.6 is 0 Å². The lowest BCUT2D eigenvalue weighted by Gasteiger charge is -2.33. The number of nitrogens with zero attached hydrogens (tertiary/aromatic N) is 3. The Morgan fingerprint density at radius 1 is 1.24 bits per heavy atom. The molecule has 0 N–H and O–H groups in total. The molecule has 140 valence electrons. The van der Waals surface area contributed by atoms with Gasteiger partial charge in [-0.25, -0.2) is 0 Å². The van der Waals surface area contributed by atoms with Gasteiger partial charge in [0.2, 0.25) is 5.76 Å². The number of allylic oxidation sites excluding steroid dienone is 1. The third kappa shape index (κ3) is 4.37. The Bertz CT molecular complexity index is 605. The zero-order chi connectivity index (χ0) is 18.0. The standard InChI is InChI=1S/C18H26F3N3O/c1-13(11-23-7-4-3-5-8-23)10-14(2)24-9-6-15-16(12-24)22-25-17(15)18(19,20)21/h13H,2-12H2,1H3/t13-/m0/s1. The van der Waals surface area contributed by atoms with Gasteiger partial charge in [-0.15, -0.1) is 0 Å². The van der Waals surface area contributed by atoms with Gasteiger partial charge in [-0.1, -0.05) is 25.1 Å². The average molecular weight is 357 g/mol. The van der Waals surface area contributed by atoms with Crippen molar-refractivity contribution in [3.8, 4) is 0 Å². The Balaban J connectivity index is 1.54. The number of alkyl halides is 3. The quantitative estimate of drug-likeness (QED) is 0.795. The topological polar surface area (TPSA) is 32.5 Å². The number of fused-ring (bicyclic) bond motifs is 1. The highest BCUT2D eigenvalue weighted by atomic mass is 19.4. The second-order valence-electron chi connectivity index (χ2n) is 7.34. The molecule has 0 radical (unpaired) electrons. The Morgan fingerprint density at radius 3 is 2.64 bits per heavy atom. The maximum absolute atomic E-state index is 12.9. The molecule has 1 aromatic rings. The van der Waals surface area contributed by atoms with Crippen LogP contribution in [0.5, 0.6) is 0 Å². The van der Waals surface area contributed by atoms with Crippen LogP contribution in [-0.2, 0) is 19.1 Å². The van der Waals surface area contributed by atoms with Crippen LogP contribution in [0.3, 0.4) is 0 Å². The van der Waals surface area contributed by atoms with E-state index in [1.165, 1.54) is 32.4 Å². The molecule has 0 amide bonds. The molecule has 25 heavy (non-hydrogen) atoms. The summed E-state index contributed by atoms with van der Waals surface area (Å²) in [5.74, 6) is -0.457. The molecule has 0 bridgehead atoms. The summed E-state index contributed by atoms with van der Waals surface area (Å²) >= 11 is 0. The first-order valence-corrected chi connectivity index (χ1v) is 9.04. The van der Waals surface area contributed by atoms with Crippen LogP contribution in [0.25, 0.3) is 0 Å². The fourth-order valence-electron chi connectivity index (χ4n) is 3.90. The second-order valence-corrected chi connectivity index (χ2v) is 7.34. The fourth-order valence-corrected chi connectivity index (χ4v) is 3.90. The van der Waals surface area contributed by atoms with E-state index < -0.39 is 11.9 Å². The van der Waals surface area contributed by atoms with E-state index in [0.717, 1.165) is 18.7 Å². The molecular weight excluding hydrogens is 331 g/mol. The molecule has 0 saturated carbocycles. The van der Waals surface area contributed by atoms with Crippen molar-refractivity contribution in [2.24, 2.45) is 5.92 Å². The zero-order valence-electron chi connectivity index (χ0n) is 14.7. The molecule has 0 spiro atoms. The monoisotopic (exact) mass is 357 g/mol. The van der Waals surface area contributed by atoms with Gasteiger partial charge >= 0.3 is 6.18 Å². The molecule has 3 heterocycles. The minimum absolute atomic E-state index is 0.206. The van der Waals surface area contributed by atoms with Crippen molar-refractivity contribution in [3.05, 3.63) is 29.3 Å². The van der Waals surface area contributed by atoms with E-state index in [1.807, 2.05) is 4.90 Å². The van der Waals surface area contributed by atoms with Gasteiger partial charge in [0.25, 0.3) is 0 Å². The van der Waals surface area contributed by atoms with Gasteiger partial charge in [0.15, 0.2) is 0 Å². The third-order valence-corrected chi connectivity index (χ3v) is 5.15. The second kappa shape index (κ2) is 7.40. The van der Waals surface area contributed by atoms with E-state index in [4.69, 9.17) is 0 Å². The third-order valence-electron chi connectivity index (χ3n) is 5.15.